The minimum Gasteiger partial charge on any atom is -0.459 e. The van der Waals surface area contributed by atoms with Crippen LogP contribution in [0.15, 0.2) is 0 Å². The van der Waals surface area contributed by atoms with Crippen molar-refractivity contribution >= 4 is 11.9 Å². The molecule has 208 valence electrons. The molecule has 6 nitrogen and oxygen atoms in total. The summed E-state index contributed by atoms with van der Waals surface area (Å²) in [6.07, 6.45) is 22.2. The minimum atomic E-state index is -0.192. The molecule has 0 unspecified atom stereocenters. The maximum absolute atomic E-state index is 12.1. The normalized spacial score (nSPS) is 11.7. The van der Waals surface area contributed by atoms with E-state index in [-0.39, 0.29) is 11.9 Å². The zero-order valence-electron chi connectivity index (χ0n) is 24.2. The van der Waals surface area contributed by atoms with Crippen molar-refractivity contribution in [3.05, 3.63) is 0 Å². The summed E-state index contributed by atoms with van der Waals surface area (Å²) in [5.41, 5.74) is 0. The Morgan fingerprint density at radius 3 is 1.63 bits per heavy atom. The van der Waals surface area contributed by atoms with Gasteiger partial charge in [0, 0.05) is 6.42 Å². The van der Waals surface area contributed by atoms with Crippen LogP contribution in [0.3, 0.4) is 0 Å². The number of nitrogens with one attached hydrogen (secondary N) is 1. The lowest BCUT2D eigenvalue weighted by Crippen LogP contribution is -2.47. The fraction of sp³-hybridized carbons (Fsp3) is 0.931. The molecule has 0 aliphatic carbocycles. The molecule has 0 radical (unpaired) electrons. The van der Waals surface area contributed by atoms with Gasteiger partial charge >= 0.3 is 5.97 Å². The maximum Gasteiger partial charge on any atom is 0.320 e. The van der Waals surface area contributed by atoms with Crippen molar-refractivity contribution in [3.8, 4) is 0 Å². The Bertz CT molecular complexity index is 509. The molecule has 0 rings (SSSR count). The number of amides is 1. The number of unbranched alkanes of at least 4 members (excludes halogenated alkanes) is 15. The van der Waals surface area contributed by atoms with E-state index in [0.717, 1.165) is 25.9 Å². The first-order chi connectivity index (χ1) is 16.8. The van der Waals surface area contributed by atoms with Gasteiger partial charge in [0.2, 0.25) is 5.91 Å². The van der Waals surface area contributed by atoms with Crippen molar-refractivity contribution in [1.29, 1.82) is 0 Å². The molecule has 1 amide bonds. The molecule has 0 bridgehead atoms. The summed E-state index contributed by atoms with van der Waals surface area (Å²) >= 11 is 0. The van der Waals surface area contributed by atoms with Gasteiger partial charge in [0.15, 0.2) is 0 Å². The van der Waals surface area contributed by atoms with Crippen LogP contribution in [0.2, 0.25) is 0 Å². The van der Waals surface area contributed by atoms with Gasteiger partial charge in [-0.05, 0) is 20.5 Å². The van der Waals surface area contributed by atoms with Crippen LogP contribution in [0, 0.1) is 0 Å². The Labute approximate surface area is 218 Å². The zero-order chi connectivity index (χ0) is 26.2. The molecule has 0 fully saturated rings. The van der Waals surface area contributed by atoms with Gasteiger partial charge in [0.1, 0.15) is 13.2 Å². The Morgan fingerprint density at radius 2 is 1.17 bits per heavy atom. The Hall–Kier alpha value is -1.14. The van der Waals surface area contributed by atoms with E-state index in [2.05, 4.69) is 26.3 Å². The first-order valence-electron chi connectivity index (χ1n) is 14.7. The number of nitrogens with zero attached hydrogens (tertiary/aromatic N) is 2. The van der Waals surface area contributed by atoms with Crippen LogP contribution >= 0.6 is 0 Å². The lowest BCUT2D eigenvalue weighted by molar-refractivity contribution is -0.889. The van der Waals surface area contributed by atoms with E-state index in [9.17, 15) is 9.59 Å². The van der Waals surface area contributed by atoms with Gasteiger partial charge in [0.25, 0.3) is 0 Å². The predicted molar refractivity (Wildman–Crippen MR) is 149 cm³/mol. The van der Waals surface area contributed by atoms with Crippen molar-refractivity contribution in [2.24, 2.45) is 0 Å². The van der Waals surface area contributed by atoms with E-state index in [1.807, 2.05) is 14.1 Å². The number of carbonyl (C=O) groups excluding carboxylic acids is 2. The van der Waals surface area contributed by atoms with Crippen LogP contribution < -0.4 is 5.32 Å². The van der Waals surface area contributed by atoms with E-state index < -0.39 is 0 Å². The average Bonchev–Trinajstić information content (AvgIpc) is 2.78. The van der Waals surface area contributed by atoms with Gasteiger partial charge < -0.3 is 14.5 Å². The van der Waals surface area contributed by atoms with Crippen molar-refractivity contribution in [1.82, 2.24) is 10.2 Å². The first-order valence-corrected chi connectivity index (χ1v) is 14.7. The standard InChI is InChI=1S/C29H59N3O3/c1-6-7-8-9-10-11-12-13-14-15-16-17-18-19-20-21-22-28(33)30-23-24-32(4,5)25-26-35-29(34)27-31(2)3/h6-27H2,1-5H3/p+1. The van der Waals surface area contributed by atoms with E-state index in [0.29, 0.717) is 30.6 Å². The molecule has 0 aliphatic rings. The third kappa shape index (κ3) is 25.8. The number of rotatable bonds is 25. The fourth-order valence-corrected chi connectivity index (χ4v) is 4.24. The number of esters is 1. The second kappa shape index (κ2) is 23.3. The SMILES string of the molecule is CCCCCCCCCCCCCCCCCCC(=O)NCC[N+](C)(C)CCOC(=O)CN(C)C. The van der Waals surface area contributed by atoms with Crippen LogP contribution in [-0.2, 0) is 14.3 Å². The van der Waals surface area contributed by atoms with E-state index in [1.165, 1.54) is 89.9 Å². The molecule has 0 spiro atoms. The van der Waals surface area contributed by atoms with Crippen molar-refractivity contribution in [3.63, 3.8) is 0 Å². The summed E-state index contributed by atoms with van der Waals surface area (Å²) < 4.78 is 5.99. The molecule has 0 aromatic carbocycles. The van der Waals surface area contributed by atoms with Gasteiger partial charge in [-0.1, -0.05) is 103 Å². The molecule has 0 aromatic rings. The minimum absolute atomic E-state index is 0.160. The lowest BCUT2D eigenvalue weighted by Gasteiger charge is -2.29. The van der Waals surface area contributed by atoms with Gasteiger partial charge in [-0.25, -0.2) is 0 Å². The van der Waals surface area contributed by atoms with Crippen LogP contribution in [0.5, 0.6) is 0 Å². The summed E-state index contributed by atoms with van der Waals surface area (Å²) in [6.45, 7) is 5.23. The number of hydrogen-bond donors (Lipinski definition) is 1. The number of likely N-dealkylation sites (N-methyl/N-ethyl adjacent to an activating group) is 2. The van der Waals surface area contributed by atoms with Crippen LogP contribution in [0.1, 0.15) is 116 Å². The highest BCUT2D eigenvalue weighted by atomic mass is 16.5. The topological polar surface area (TPSA) is 58.6 Å². The average molecular weight is 499 g/mol. The number of quaternary nitrogens is 1. The molecule has 35 heavy (non-hydrogen) atoms. The van der Waals surface area contributed by atoms with Gasteiger partial charge in [-0.15, -0.1) is 0 Å². The second-order valence-corrected chi connectivity index (χ2v) is 11.2. The lowest BCUT2D eigenvalue weighted by atomic mass is 10.0. The van der Waals surface area contributed by atoms with Crippen molar-refractivity contribution in [2.75, 3.05) is 61.0 Å². The quantitative estimate of drug-likeness (QED) is 0.0962. The van der Waals surface area contributed by atoms with Crippen molar-refractivity contribution < 1.29 is 18.8 Å². The molecule has 6 heteroatoms. The molecular weight excluding hydrogens is 438 g/mol. The molecule has 0 aromatic heterocycles. The molecule has 0 aliphatic heterocycles. The highest BCUT2D eigenvalue weighted by molar-refractivity contribution is 5.75. The largest absolute Gasteiger partial charge is 0.459 e. The maximum atomic E-state index is 12.1. The second-order valence-electron chi connectivity index (χ2n) is 11.2. The highest BCUT2D eigenvalue weighted by Gasteiger charge is 2.16. The Kier molecular flexibility index (Phi) is 22.5. The molecule has 0 saturated heterocycles. The summed E-state index contributed by atoms with van der Waals surface area (Å²) in [5.74, 6) is -0.0325. The molecule has 0 heterocycles. The highest BCUT2D eigenvalue weighted by Crippen LogP contribution is 2.14. The third-order valence-electron chi connectivity index (χ3n) is 6.70. The summed E-state index contributed by atoms with van der Waals surface area (Å²) in [5, 5.41) is 3.05. The smallest absolute Gasteiger partial charge is 0.320 e. The van der Waals surface area contributed by atoms with E-state index in [4.69, 9.17) is 4.74 Å². The predicted octanol–water partition coefficient (Wildman–Crippen LogP) is 5.94. The number of hydrogen-bond acceptors (Lipinski definition) is 4. The van der Waals surface area contributed by atoms with Crippen molar-refractivity contribution in [2.45, 2.75) is 116 Å². The van der Waals surface area contributed by atoms with Crippen LogP contribution in [0.4, 0.5) is 0 Å². The summed E-state index contributed by atoms with van der Waals surface area (Å²) in [7, 11) is 7.90. The summed E-state index contributed by atoms with van der Waals surface area (Å²) in [6, 6.07) is 0. The number of carbonyl (C=O) groups is 2. The van der Waals surface area contributed by atoms with Gasteiger partial charge in [-0.2, -0.15) is 0 Å². The molecular formula is C29H60N3O3+. The molecule has 1 N–H and O–H groups in total. The Balaban J connectivity index is 3.44. The van der Waals surface area contributed by atoms with Crippen LogP contribution in [-0.4, -0.2) is 82.2 Å². The Morgan fingerprint density at radius 1 is 0.714 bits per heavy atom. The first kappa shape index (κ1) is 33.9. The van der Waals surface area contributed by atoms with E-state index >= 15 is 0 Å². The summed E-state index contributed by atoms with van der Waals surface area (Å²) in [4.78, 5) is 25.5. The zero-order valence-corrected chi connectivity index (χ0v) is 24.2. The molecule has 0 saturated carbocycles. The van der Waals surface area contributed by atoms with Gasteiger partial charge in [-0.3, -0.25) is 14.5 Å². The molecule has 0 atom stereocenters. The van der Waals surface area contributed by atoms with Crippen LogP contribution in [0.25, 0.3) is 0 Å². The number of ether oxygens (including phenoxy) is 1. The van der Waals surface area contributed by atoms with Gasteiger partial charge in [0.05, 0.1) is 33.7 Å². The monoisotopic (exact) mass is 498 g/mol. The fourth-order valence-electron chi connectivity index (χ4n) is 4.24. The third-order valence-corrected chi connectivity index (χ3v) is 6.70. The van der Waals surface area contributed by atoms with E-state index in [1.54, 1.807) is 4.90 Å².